The van der Waals surface area contributed by atoms with E-state index in [9.17, 15) is 4.79 Å². The van der Waals surface area contributed by atoms with E-state index in [0.29, 0.717) is 12.3 Å². The molecule has 0 saturated carbocycles. The number of rotatable bonds is 1. The van der Waals surface area contributed by atoms with Gasteiger partial charge in [-0.25, -0.2) is 4.79 Å². The van der Waals surface area contributed by atoms with Crippen LogP contribution in [-0.4, -0.2) is 19.8 Å². The van der Waals surface area contributed by atoms with Crippen molar-refractivity contribution in [1.82, 2.24) is 5.32 Å². The molecule has 0 aliphatic carbocycles. The van der Waals surface area contributed by atoms with E-state index in [1.165, 1.54) is 7.11 Å². The summed E-state index contributed by atoms with van der Waals surface area (Å²) in [5.41, 5.74) is 1.61. The van der Waals surface area contributed by atoms with Crippen LogP contribution in [0.25, 0.3) is 6.08 Å². The summed E-state index contributed by atoms with van der Waals surface area (Å²) >= 11 is 3.37. The molecule has 0 bridgehead atoms. The molecular formula is C11H10BrNO3. The molecule has 1 aliphatic rings. The Morgan fingerprint density at radius 3 is 3.12 bits per heavy atom. The third-order valence-electron chi connectivity index (χ3n) is 2.14. The van der Waals surface area contributed by atoms with Gasteiger partial charge < -0.3 is 9.47 Å². The van der Waals surface area contributed by atoms with E-state index in [4.69, 9.17) is 4.74 Å². The Morgan fingerprint density at radius 2 is 2.38 bits per heavy atom. The Kier molecular flexibility index (Phi) is 3.14. The summed E-state index contributed by atoms with van der Waals surface area (Å²) in [5.74, 6) is 0.796. The van der Waals surface area contributed by atoms with Crippen molar-refractivity contribution in [3.05, 3.63) is 33.9 Å². The molecule has 5 heteroatoms. The number of nitrogens with one attached hydrogen (secondary N) is 1. The molecule has 0 unspecified atom stereocenters. The Hall–Kier alpha value is -1.49. The fourth-order valence-electron chi connectivity index (χ4n) is 1.39. The predicted octanol–water partition coefficient (Wildman–Crippen LogP) is 2.54. The third-order valence-corrected chi connectivity index (χ3v) is 2.63. The molecule has 16 heavy (non-hydrogen) atoms. The predicted molar refractivity (Wildman–Crippen MR) is 63.2 cm³/mol. The first kappa shape index (κ1) is 11.0. The van der Waals surface area contributed by atoms with Crippen LogP contribution in [0.2, 0.25) is 0 Å². The monoisotopic (exact) mass is 283 g/mol. The largest absolute Gasteiger partial charge is 0.487 e. The molecule has 0 atom stereocenters. The minimum Gasteiger partial charge on any atom is -0.487 e. The zero-order chi connectivity index (χ0) is 11.5. The van der Waals surface area contributed by atoms with Crippen LogP contribution >= 0.6 is 15.9 Å². The highest BCUT2D eigenvalue weighted by Gasteiger charge is 2.13. The zero-order valence-electron chi connectivity index (χ0n) is 8.62. The van der Waals surface area contributed by atoms with Crippen molar-refractivity contribution in [3.8, 4) is 5.75 Å². The molecular weight excluding hydrogens is 274 g/mol. The molecule has 2 rings (SSSR count). The van der Waals surface area contributed by atoms with Crippen molar-refractivity contribution in [2.45, 2.75) is 0 Å². The molecule has 0 radical (unpaired) electrons. The van der Waals surface area contributed by atoms with Crippen molar-refractivity contribution < 1.29 is 14.3 Å². The maximum Gasteiger partial charge on any atom is 0.411 e. The average molecular weight is 284 g/mol. The average Bonchev–Trinajstić information content (AvgIpc) is 2.29. The van der Waals surface area contributed by atoms with Crippen molar-refractivity contribution in [1.29, 1.82) is 0 Å². The Morgan fingerprint density at radius 1 is 1.56 bits per heavy atom. The van der Waals surface area contributed by atoms with Crippen molar-refractivity contribution >= 4 is 28.1 Å². The molecule has 4 nitrogen and oxygen atoms in total. The molecule has 1 heterocycles. The van der Waals surface area contributed by atoms with Gasteiger partial charge in [0.2, 0.25) is 0 Å². The number of fused-ring (bicyclic) bond motifs is 1. The van der Waals surface area contributed by atoms with Gasteiger partial charge in [-0.3, -0.25) is 5.32 Å². The smallest absolute Gasteiger partial charge is 0.411 e. The molecule has 0 saturated heterocycles. The minimum atomic E-state index is -0.490. The van der Waals surface area contributed by atoms with Crippen LogP contribution in [0.15, 0.2) is 28.4 Å². The molecule has 1 aromatic carbocycles. The highest BCUT2D eigenvalue weighted by molar-refractivity contribution is 9.10. The second-order valence-corrected chi connectivity index (χ2v) is 4.17. The first-order valence-corrected chi connectivity index (χ1v) is 5.46. The lowest BCUT2D eigenvalue weighted by Gasteiger charge is -2.18. The minimum absolute atomic E-state index is 0.332. The topological polar surface area (TPSA) is 47.6 Å². The maximum atomic E-state index is 11.0. The number of hydrogen-bond acceptors (Lipinski definition) is 3. The molecule has 0 aromatic heterocycles. The number of hydrogen-bond donors (Lipinski definition) is 1. The second kappa shape index (κ2) is 4.57. The lowest BCUT2D eigenvalue weighted by atomic mass is 10.1. The molecule has 84 valence electrons. The van der Waals surface area contributed by atoms with E-state index >= 15 is 0 Å². The maximum absolute atomic E-state index is 11.0. The fourth-order valence-corrected chi connectivity index (χ4v) is 1.73. The van der Waals surface area contributed by atoms with E-state index in [2.05, 4.69) is 26.0 Å². The van der Waals surface area contributed by atoms with Gasteiger partial charge in [0.25, 0.3) is 0 Å². The number of methoxy groups -OCH3 is 1. The number of carbonyl (C=O) groups excluding carboxylic acids is 1. The highest BCUT2D eigenvalue weighted by atomic mass is 79.9. The van der Waals surface area contributed by atoms with E-state index in [-0.39, 0.29) is 0 Å². The molecule has 0 fully saturated rings. The zero-order valence-corrected chi connectivity index (χ0v) is 10.2. The number of carbonyl (C=O) groups is 1. The third kappa shape index (κ3) is 2.36. The van der Waals surface area contributed by atoms with Crippen LogP contribution in [0.3, 0.4) is 0 Å². The molecule has 1 N–H and O–H groups in total. The number of benzene rings is 1. The SMILES string of the molecule is COC(=O)NC1=Cc2ccc(Br)cc2OC1. The van der Waals surface area contributed by atoms with E-state index in [0.717, 1.165) is 15.8 Å². The summed E-state index contributed by atoms with van der Waals surface area (Å²) in [6, 6.07) is 5.72. The normalized spacial score (nSPS) is 13.2. The summed E-state index contributed by atoms with van der Waals surface area (Å²) in [4.78, 5) is 11.0. The number of alkyl carbamates (subject to hydrolysis) is 1. The van der Waals surface area contributed by atoms with Crippen LogP contribution in [0.4, 0.5) is 4.79 Å². The molecule has 1 aromatic rings. The first-order chi connectivity index (χ1) is 7.69. The van der Waals surface area contributed by atoms with Crippen LogP contribution in [0.5, 0.6) is 5.75 Å². The summed E-state index contributed by atoms with van der Waals surface area (Å²) in [6.07, 6.45) is 1.37. The number of ether oxygens (including phenoxy) is 2. The van der Waals surface area contributed by atoms with Crippen molar-refractivity contribution in [3.63, 3.8) is 0 Å². The van der Waals surface area contributed by atoms with Gasteiger partial charge in [0.15, 0.2) is 0 Å². The van der Waals surface area contributed by atoms with Crippen LogP contribution in [-0.2, 0) is 4.74 Å². The number of amides is 1. The summed E-state index contributed by atoms with van der Waals surface area (Å²) in [6.45, 7) is 0.332. The van der Waals surface area contributed by atoms with Gasteiger partial charge in [-0.1, -0.05) is 22.0 Å². The van der Waals surface area contributed by atoms with Gasteiger partial charge in [0.05, 0.1) is 12.8 Å². The van der Waals surface area contributed by atoms with Gasteiger partial charge >= 0.3 is 6.09 Å². The van der Waals surface area contributed by atoms with Crippen LogP contribution < -0.4 is 10.1 Å². The summed E-state index contributed by atoms with van der Waals surface area (Å²) in [7, 11) is 1.32. The van der Waals surface area contributed by atoms with Crippen molar-refractivity contribution in [2.24, 2.45) is 0 Å². The first-order valence-electron chi connectivity index (χ1n) is 4.67. The Balaban J connectivity index is 2.21. The molecule has 1 aliphatic heterocycles. The molecule has 1 amide bonds. The second-order valence-electron chi connectivity index (χ2n) is 3.26. The lowest BCUT2D eigenvalue weighted by Crippen LogP contribution is -2.27. The van der Waals surface area contributed by atoms with Gasteiger partial charge in [-0.05, 0) is 18.2 Å². The van der Waals surface area contributed by atoms with E-state index in [1.54, 1.807) is 0 Å². The van der Waals surface area contributed by atoms with Crippen molar-refractivity contribution in [2.75, 3.05) is 13.7 Å². The standard InChI is InChI=1S/C11H10BrNO3/c1-15-11(14)13-9-4-7-2-3-8(12)5-10(7)16-6-9/h2-5H,6H2,1H3,(H,13,14). The summed E-state index contributed by atoms with van der Waals surface area (Å²) < 4.78 is 11.0. The fraction of sp³-hybridized carbons (Fsp3) is 0.182. The van der Waals surface area contributed by atoms with E-state index < -0.39 is 6.09 Å². The summed E-state index contributed by atoms with van der Waals surface area (Å²) in [5, 5.41) is 2.59. The highest BCUT2D eigenvalue weighted by Crippen LogP contribution is 2.28. The number of halogens is 1. The van der Waals surface area contributed by atoms with E-state index in [1.807, 2.05) is 24.3 Å². The Labute approximate surface area is 101 Å². The van der Waals surface area contributed by atoms with Gasteiger partial charge in [0.1, 0.15) is 12.4 Å². The van der Waals surface area contributed by atoms with Crippen LogP contribution in [0.1, 0.15) is 5.56 Å². The quantitative estimate of drug-likeness (QED) is 0.862. The van der Waals surface area contributed by atoms with Gasteiger partial charge in [0, 0.05) is 10.0 Å². The van der Waals surface area contributed by atoms with Gasteiger partial charge in [-0.15, -0.1) is 0 Å². The Bertz CT molecular complexity index is 457. The molecule has 0 spiro atoms. The lowest BCUT2D eigenvalue weighted by molar-refractivity contribution is 0.172. The van der Waals surface area contributed by atoms with Gasteiger partial charge in [-0.2, -0.15) is 0 Å². The van der Waals surface area contributed by atoms with Crippen LogP contribution in [0, 0.1) is 0 Å².